The van der Waals surface area contributed by atoms with Crippen LogP contribution in [0.15, 0.2) is 65.8 Å². The number of carbonyl (C=O) groups is 1. The number of hydrogen-bond donors (Lipinski definition) is 2. The second-order valence-electron chi connectivity index (χ2n) is 5.60. The molecule has 2 amide bonds. The van der Waals surface area contributed by atoms with E-state index in [4.69, 9.17) is 4.42 Å². The fraction of sp³-hybridized carbons (Fsp3) is 0.222. The molecule has 0 spiro atoms. The van der Waals surface area contributed by atoms with Crippen LogP contribution in [-0.4, -0.2) is 32.1 Å². The van der Waals surface area contributed by atoms with Gasteiger partial charge in [-0.3, -0.25) is 0 Å². The lowest BCUT2D eigenvalue weighted by Crippen LogP contribution is -2.40. The molecule has 2 N–H and O–H groups in total. The van der Waals surface area contributed by atoms with Crippen LogP contribution < -0.4 is 5.32 Å². The maximum absolute atomic E-state index is 12.6. The summed E-state index contributed by atoms with van der Waals surface area (Å²) in [6.45, 7) is 1.71. The predicted molar refractivity (Wildman–Crippen MR) is 91.7 cm³/mol. The van der Waals surface area contributed by atoms with Gasteiger partial charge in [-0.15, -0.1) is 0 Å². The van der Waals surface area contributed by atoms with Gasteiger partial charge < -0.3 is 24.3 Å². The van der Waals surface area contributed by atoms with E-state index in [2.05, 4.69) is 10.3 Å². The number of amides is 2. The van der Waals surface area contributed by atoms with Gasteiger partial charge in [-0.05, 0) is 18.2 Å². The standard InChI is InChI=1S/C18H20N4O3/c23-17-6-2-1-4-15(17)12-22(13-16-5-3-11-25-16)18(24)20-8-10-21-9-7-19-14-21/h1-7,9,11,14,23H,8,10,12-13H2,(H,20,24). The summed E-state index contributed by atoms with van der Waals surface area (Å²) in [4.78, 5) is 18.1. The highest BCUT2D eigenvalue weighted by Gasteiger charge is 2.17. The molecule has 0 atom stereocenters. The zero-order valence-corrected chi connectivity index (χ0v) is 13.7. The van der Waals surface area contributed by atoms with E-state index in [0.29, 0.717) is 31.0 Å². The maximum atomic E-state index is 12.6. The van der Waals surface area contributed by atoms with E-state index in [1.807, 2.05) is 22.9 Å². The molecule has 25 heavy (non-hydrogen) atoms. The number of phenols is 1. The molecule has 130 valence electrons. The molecule has 3 rings (SSSR count). The molecular weight excluding hydrogens is 320 g/mol. The number of urea groups is 1. The molecule has 0 bridgehead atoms. The van der Waals surface area contributed by atoms with Crippen LogP contribution in [0, 0.1) is 0 Å². The zero-order valence-electron chi connectivity index (χ0n) is 13.7. The first kappa shape index (κ1) is 16.6. The number of nitrogens with one attached hydrogen (secondary N) is 1. The summed E-state index contributed by atoms with van der Waals surface area (Å²) >= 11 is 0. The summed E-state index contributed by atoms with van der Waals surface area (Å²) in [6, 6.07) is 10.4. The van der Waals surface area contributed by atoms with Gasteiger partial charge in [0.1, 0.15) is 11.5 Å². The van der Waals surface area contributed by atoms with Crippen LogP contribution in [-0.2, 0) is 19.6 Å². The Bertz CT molecular complexity index is 785. The minimum absolute atomic E-state index is 0.165. The highest BCUT2D eigenvalue weighted by molar-refractivity contribution is 5.74. The number of carbonyl (C=O) groups excluding carboxylic acids is 1. The van der Waals surface area contributed by atoms with Crippen molar-refractivity contribution in [3.63, 3.8) is 0 Å². The lowest BCUT2D eigenvalue weighted by molar-refractivity contribution is 0.186. The second-order valence-corrected chi connectivity index (χ2v) is 5.60. The van der Waals surface area contributed by atoms with Crippen molar-refractivity contribution in [3.05, 3.63) is 72.7 Å². The molecule has 0 aliphatic rings. The van der Waals surface area contributed by atoms with Gasteiger partial charge in [0.25, 0.3) is 0 Å². The Morgan fingerprint density at radius 3 is 2.84 bits per heavy atom. The van der Waals surface area contributed by atoms with Gasteiger partial charge in [-0.1, -0.05) is 18.2 Å². The van der Waals surface area contributed by atoms with Gasteiger partial charge >= 0.3 is 6.03 Å². The van der Waals surface area contributed by atoms with Crippen LogP contribution in [0.4, 0.5) is 4.79 Å². The summed E-state index contributed by atoms with van der Waals surface area (Å²) in [5.74, 6) is 0.846. The fourth-order valence-electron chi connectivity index (χ4n) is 2.46. The Hall–Kier alpha value is -3.22. The minimum atomic E-state index is -0.222. The first-order valence-corrected chi connectivity index (χ1v) is 8.00. The summed E-state index contributed by atoms with van der Waals surface area (Å²) in [6.07, 6.45) is 6.82. The van der Waals surface area contributed by atoms with Gasteiger partial charge in [0.05, 0.1) is 25.7 Å². The van der Waals surface area contributed by atoms with Crippen molar-refractivity contribution in [3.8, 4) is 5.75 Å². The SMILES string of the molecule is O=C(NCCn1ccnc1)N(Cc1ccco1)Cc1ccccc1O. The van der Waals surface area contributed by atoms with Crippen molar-refractivity contribution in [1.82, 2.24) is 19.8 Å². The number of aromatic nitrogens is 2. The third kappa shape index (κ3) is 4.63. The normalized spacial score (nSPS) is 10.6. The van der Waals surface area contributed by atoms with Gasteiger partial charge in [-0.25, -0.2) is 9.78 Å². The average Bonchev–Trinajstić information content (AvgIpc) is 3.30. The van der Waals surface area contributed by atoms with Gasteiger partial charge in [0, 0.05) is 31.0 Å². The van der Waals surface area contributed by atoms with Crippen molar-refractivity contribution < 1.29 is 14.3 Å². The number of benzene rings is 1. The third-order valence-corrected chi connectivity index (χ3v) is 3.77. The topological polar surface area (TPSA) is 83.5 Å². The van der Waals surface area contributed by atoms with Crippen LogP contribution in [0.25, 0.3) is 0 Å². The Morgan fingerprint density at radius 2 is 2.12 bits per heavy atom. The van der Waals surface area contributed by atoms with Crippen molar-refractivity contribution in [2.75, 3.05) is 6.54 Å². The fourth-order valence-corrected chi connectivity index (χ4v) is 2.46. The van der Waals surface area contributed by atoms with E-state index in [1.54, 1.807) is 48.0 Å². The number of furan rings is 1. The molecule has 0 saturated carbocycles. The van der Waals surface area contributed by atoms with Crippen LogP contribution in [0.5, 0.6) is 5.75 Å². The van der Waals surface area contributed by atoms with Gasteiger partial charge in [0.2, 0.25) is 0 Å². The minimum Gasteiger partial charge on any atom is -0.508 e. The summed E-state index contributed by atoms with van der Waals surface area (Å²) in [5, 5.41) is 12.9. The van der Waals surface area contributed by atoms with Crippen molar-refractivity contribution in [1.29, 1.82) is 0 Å². The summed E-state index contributed by atoms with van der Waals surface area (Å²) < 4.78 is 7.24. The molecular formula is C18H20N4O3. The van der Waals surface area contributed by atoms with E-state index in [1.165, 1.54) is 0 Å². The molecule has 2 aromatic heterocycles. The first-order valence-electron chi connectivity index (χ1n) is 8.00. The van der Waals surface area contributed by atoms with Crippen LogP contribution in [0.1, 0.15) is 11.3 Å². The molecule has 3 aromatic rings. The van der Waals surface area contributed by atoms with E-state index in [0.717, 1.165) is 0 Å². The molecule has 7 heteroatoms. The number of aromatic hydroxyl groups is 1. The van der Waals surface area contributed by atoms with Crippen LogP contribution in [0.2, 0.25) is 0 Å². The number of imidazole rings is 1. The highest BCUT2D eigenvalue weighted by Crippen LogP contribution is 2.19. The Morgan fingerprint density at radius 1 is 1.24 bits per heavy atom. The van der Waals surface area contributed by atoms with Gasteiger partial charge in [-0.2, -0.15) is 0 Å². The van der Waals surface area contributed by atoms with E-state index in [9.17, 15) is 9.90 Å². The molecule has 0 radical (unpaired) electrons. The van der Waals surface area contributed by atoms with E-state index >= 15 is 0 Å². The second kappa shape index (κ2) is 8.05. The molecule has 0 saturated heterocycles. The van der Waals surface area contributed by atoms with Crippen LogP contribution in [0.3, 0.4) is 0 Å². The quantitative estimate of drug-likeness (QED) is 0.692. The summed E-state index contributed by atoms with van der Waals surface area (Å²) in [7, 11) is 0. The molecule has 0 aliphatic heterocycles. The van der Waals surface area contributed by atoms with E-state index in [-0.39, 0.29) is 18.3 Å². The molecule has 0 unspecified atom stereocenters. The maximum Gasteiger partial charge on any atom is 0.318 e. The molecule has 0 fully saturated rings. The van der Waals surface area contributed by atoms with Crippen molar-refractivity contribution in [2.45, 2.75) is 19.6 Å². The lowest BCUT2D eigenvalue weighted by Gasteiger charge is -2.23. The number of para-hydroxylation sites is 1. The highest BCUT2D eigenvalue weighted by atomic mass is 16.3. The molecule has 0 aliphatic carbocycles. The molecule has 7 nitrogen and oxygen atoms in total. The Labute approximate surface area is 145 Å². The lowest BCUT2D eigenvalue weighted by atomic mass is 10.2. The summed E-state index contributed by atoms with van der Waals surface area (Å²) in [5.41, 5.74) is 0.679. The van der Waals surface area contributed by atoms with Crippen molar-refractivity contribution in [2.24, 2.45) is 0 Å². The third-order valence-electron chi connectivity index (χ3n) is 3.77. The monoisotopic (exact) mass is 340 g/mol. The Kier molecular flexibility index (Phi) is 5.36. The first-order chi connectivity index (χ1) is 12.2. The molecule has 1 aromatic carbocycles. The smallest absolute Gasteiger partial charge is 0.318 e. The predicted octanol–water partition coefficient (Wildman–Crippen LogP) is 2.59. The Balaban J connectivity index is 1.64. The van der Waals surface area contributed by atoms with E-state index < -0.39 is 0 Å². The largest absolute Gasteiger partial charge is 0.508 e. The number of phenolic OH excluding ortho intramolecular Hbond substituents is 1. The molecule has 2 heterocycles. The van der Waals surface area contributed by atoms with Crippen molar-refractivity contribution >= 4 is 6.03 Å². The zero-order chi connectivity index (χ0) is 17.5. The van der Waals surface area contributed by atoms with Gasteiger partial charge in [0.15, 0.2) is 0 Å². The van der Waals surface area contributed by atoms with Crippen LogP contribution >= 0.6 is 0 Å². The number of nitrogens with zero attached hydrogens (tertiary/aromatic N) is 3. The average molecular weight is 340 g/mol. The number of hydrogen-bond acceptors (Lipinski definition) is 4. The number of rotatable bonds is 7.